The summed E-state index contributed by atoms with van der Waals surface area (Å²) in [5, 5.41) is 0. The van der Waals surface area contributed by atoms with Crippen LogP contribution in [0.3, 0.4) is 0 Å². The average molecular weight is 682 g/mol. The zero-order valence-corrected chi connectivity index (χ0v) is 26.9. The minimum Gasteiger partial charge on any atom is -0.447 e. The van der Waals surface area contributed by atoms with E-state index in [4.69, 9.17) is 4.74 Å². The van der Waals surface area contributed by atoms with Gasteiger partial charge < -0.3 is 14.5 Å². The molecular formula is C32H39ClF7N3O3. The number of benzene rings is 2. The number of aryl methyl sites for hydroxylation is 1. The number of alkyl halides is 6. The molecule has 2 aliphatic rings. The topological polar surface area (TPSA) is 53.1 Å². The zero-order chi connectivity index (χ0) is 33.3. The van der Waals surface area contributed by atoms with Crippen LogP contribution in [0.4, 0.5) is 35.5 Å². The molecule has 2 saturated heterocycles. The van der Waals surface area contributed by atoms with Crippen LogP contribution in [0.2, 0.25) is 0 Å². The first-order valence-electron chi connectivity index (χ1n) is 14.9. The number of halogens is 8. The predicted molar refractivity (Wildman–Crippen MR) is 160 cm³/mol. The number of hydrogen-bond donors (Lipinski definition) is 0. The molecule has 0 saturated carbocycles. The fourth-order valence-electron chi connectivity index (χ4n) is 6.41. The average Bonchev–Trinajstić information content (AvgIpc) is 2.95. The van der Waals surface area contributed by atoms with Crippen molar-refractivity contribution in [3.63, 3.8) is 0 Å². The largest absolute Gasteiger partial charge is 0.447 e. The summed E-state index contributed by atoms with van der Waals surface area (Å²) >= 11 is 0. The molecule has 256 valence electrons. The van der Waals surface area contributed by atoms with Gasteiger partial charge in [-0.05, 0) is 93.6 Å². The number of amides is 2. The summed E-state index contributed by atoms with van der Waals surface area (Å²) in [6.45, 7) is 6.84. The van der Waals surface area contributed by atoms with E-state index in [-0.39, 0.29) is 42.3 Å². The van der Waals surface area contributed by atoms with Crippen LogP contribution in [-0.4, -0.2) is 72.1 Å². The first-order valence-corrected chi connectivity index (χ1v) is 14.9. The molecule has 14 heteroatoms. The Hall–Kier alpha value is -3.06. The SMILES string of the molecule is Cc1cc(F)ccc1[C@@H]1CN(C2CCN(C(=O)OC(C)C)CC2)CC[C@H]1C(=O)N(C)Cc1cc(C(F)(F)F)cc(C(F)(F)F)c1.Cl. The molecule has 2 fully saturated rings. The highest BCUT2D eigenvalue weighted by Crippen LogP contribution is 2.39. The minimum absolute atomic E-state index is 0. The highest BCUT2D eigenvalue weighted by molar-refractivity contribution is 5.85. The van der Waals surface area contributed by atoms with E-state index in [0.29, 0.717) is 63.1 Å². The number of rotatable bonds is 6. The van der Waals surface area contributed by atoms with E-state index >= 15 is 0 Å². The molecule has 0 bridgehead atoms. The third-order valence-electron chi connectivity index (χ3n) is 8.61. The quantitative estimate of drug-likeness (QED) is 0.294. The molecule has 0 spiro atoms. The Bertz CT molecular complexity index is 1350. The first kappa shape index (κ1) is 37.4. The van der Waals surface area contributed by atoms with Crippen molar-refractivity contribution >= 4 is 24.4 Å². The van der Waals surface area contributed by atoms with Crippen molar-refractivity contribution < 1.29 is 45.1 Å². The van der Waals surface area contributed by atoms with E-state index in [2.05, 4.69) is 4.90 Å². The standard InChI is InChI=1S/C32H38F7N3O3.ClH/c1-19(2)45-30(44)41-10-7-25(8-11-41)42-12-9-27(28(18-42)26-6-5-24(33)13-20(26)3)29(43)40(4)17-21-14-22(31(34,35)36)16-23(15-21)32(37,38)39;/h5-6,13-16,19,25,27-28H,7-12,17-18H2,1-4H3;1H/t27-,28+;/m1./s1. The van der Waals surface area contributed by atoms with Crippen LogP contribution in [0, 0.1) is 18.7 Å². The molecule has 0 aromatic heterocycles. The monoisotopic (exact) mass is 681 g/mol. The van der Waals surface area contributed by atoms with Gasteiger partial charge in [0.15, 0.2) is 0 Å². The number of piperidine rings is 2. The molecule has 46 heavy (non-hydrogen) atoms. The summed E-state index contributed by atoms with van der Waals surface area (Å²) in [6, 6.07) is 5.76. The van der Waals surface area contributed by atoms with Crippen molar-refractivity contribution in [2.24, 2.45) is 5.92 Å². The van der Waals surface area contributed by atoms with Gasteiger partial charge in [-0.15, -0.1) is 12.4 Å². The van der Waals surface area contributed by atoms with Crippen molar-refractivity contribution in [3.05, 3.63) is 70.0 Å². The Balaban J connectivity index is 0.00000576. The van der Waals surface area contributed by atoms with E-state index < -0.39 is 53.6 Å². The molecule has 6 nitrogen and oxygen atoms in total. The summed E-state index contributed by atoms with van der Waals surface area (Å²) < 4.78 is 99.9. The van der Waals surface area contributed by atoms with Gasteiger partial charge in [0.25, 0.3) is 0 Å². The van der Waals surface area contributed by atoms with Gasteiger partial charge in [0.2, 0.25) is 5.91 Å². The molecule has 2 aliphatic heterocycles. The van der Waals surface area contributed by atoms with Crippen LogP contribution < -0.4 is 0 Å². The highest BCUT2D eigenvalue weighted by Gasteiger charge is 2.41. The second-order valence-electron chi connectivity index (χ2n) is 12.3. The van der Waals surface area contributed by atoms with Crippen molar-refractivity contribution in [3.8, 4) is 0 Å². The smallest absolute Gasteiger partial charge is 0.416 e. The number of ether oxygens (including phenoxy) is 1. The van der Waals surface area contributed by atoms with E-state index in [1.165, 1.54) is 24.1 Å². The lowest BCUT2D eigenvalue weighted by Gasteiger charge is -2.45. The molecule has 0 N–H and O–H groups in total. The zero-order valence-electron chi connectivity index (χ0n) is 26.1. The fraction of sp³-hybridized carbons (Fsp3) is 0.562. The number of likely N-dealkylation sites (tertiary alicyclic amines) is 2. The Morgan fingerprint density at radius 3 is 2.04 bits per heavy atom. The Morgan fingerprint density at radius 2 is 1.52 bits per heavy atom. The van der Waals surface area contributed by atoms with Crippen molar-refractivity contribution in [2.75, 3.05) is 33.2 Å². The van der Waals surface area contributed by atoms with Gasteiger partial charge in [-0.1, -0.05) is 6.07 Å². The van der Waals surface area contributed by atoms with Crippen molar-refractivity contribution in [2.45, 2.75) is 77.0 Å². The summed E-state index contributed by atoms with van der Waals surface area (Å²) in [5.74, 6) is -1.88. The summed E-state index contributed by atoms with van der Waals surface area (Å²) in [6.07, 6.45) is -8.82. The number of hydrogen-bond acceptors (Lipinski definition) is 4. The van der Waals surface area contributed by atoms with E-state index in [1.54, 1.807) is 31.7 Å². The van der Waals surface area contributed by atoms with Crippen LogP contribution >= 0.6 is 12.4 Å². The maximum atomic E-state index is 14.0. The summed E-state index contributed by atoms with van der Waals surface area (Å²) in [5.41, 5.74) is -1.78. The highest BCUT2D eigenvalue weighted by atomic mass is 35.5. The van der Waals surface area contributed by atoms with E-state index in [9.17, 15) is 40.3 Å². The summed E-state index contributed by atoms with van der Waals surface area (Å²) in [7, 11) is 1.36. The van der Waals surface area contributed by atoms with Gasteiger partial charge in [0, 0.05) is 51.1 Å². The lowest BCUT2D eigenvalue weighted by atomic mass is 9.77. The Morgan fingerprint density at radius 1 is 0.935 bits per heavy atom. The molecule has 0 unspecified atom stereocenters. The number of carbonyl (C=O) groups excluding carboxylic acids is 2. The van der Waals surface area contributed by atoms with Crippen LogP contribution in [0.5, 0.6) is 0 Å². The third kappa shape index (κ3) is 9.05. The molecule has 0 aliphatic carbocycles. The van der Waals surface area contributed by atoms with Crippen LogP contribution in [0.1, 0.15) is 66.8 Å². The Labute approximate surface area is 270 Å². The lowest BCUT2D eigenvalue weighted by Crippen LogP contribution is -2.52. The molecule has 4 rings (SSSR count). The molecule has 0 radical (unpaired) electrons. The summed E-state index contributed by atoms with van der Waals surface area (Å²) in [4.78, 5) is 31.3. The molecule has 2 amide bonds. The minimum atomic E-state index is -5.00. The van der Waals surface area contributed by atoms with Gasteiger partial charge in [0.1, 0.15) is 5.82 Å². The molecule has 2 atom stereocenters. The van der Waals surface area contributed by atoms with Gasteiger partial charge >= 0.3 is 18.4 Å². The van der Waals surface area contributed by atoms with Crippen LogP contribution in [-0.2, 0) is 28.4 Å². The van der Waals surface area contributed by atoms with Crippen LogP contribution in [0.15, 0.2) is 36.4 Å². The molecule has 2 aromatic carbocycles. The van der Waals surface area contributed by atoms with Gasteiger partial charge in [-0.2, -0.15) is 26.3 Å². The molecular weight excluding hydrogens is 643 g/mol. The predicted octanol–water partition coefficient (Wildman–Crippen LogP) is 7.67. The fourth-order valence-corrected chi connectivity index (χ4v) is 6.41. The number of carbonyl (C=O) groups is 2. The second-order valence-corrected chi connectivity index (χ2v) is 12.3. The third-order valence-corrected chi connectivity index (χ3v) is 8.61. The van der Waals surface area contributed by atoms with Crippen molar-refractivity contribution in [1.82, 2.24) is 14.7 Å². The lowest BCUT2D eigenvalue weighted by molar-refractivity contribution is -0.143. The normalized spacial score (nSPS) is 20.0. The maximum absolute atomic E-state index is 14.0. The van der Waals surface area contributed by atoms with Crippen molar-refractivity contribution in [1.29, 1.82) is 0 Å². The van der Waals surface area contributed by atoms with Gasteiger partial charge in [-0.25, -0.2) is 9.18 Å². The van der Waals surface area contributed by atoms with Crippen LogP contribution in [0.25, 0.3) is 0 Å². The maximum Gasteiger partial charge on any atom is 0.416 e. The van der Waals surface area contributed by atoms with E-state index in [0.717, 1.165) is 5.56 Å². The first-order chi connectivity index (χ1) is 20.9. The number of nitrogens with zero attached hydrogens (tertiary/aromatic N) is 3. The van der Waals surface area contributed by atoms with Gasteiger partial charge in [-0.3, -0.25) is 9.69 Å². The molecule has 2 heterocycles. The Kier molecular flexibility index (Phi) is 12.0. The second kappa shape index (κ2) is 14.8. The van der Waals surface area contributed by atoms with E-state index in [1.807, 2.05) is 0 Å². The molecule has 2 aromatic rings. The van der Waals surface area contributed by atoms with Gasteiger partial charge in [0.05, 0.1) is 17.2 Å².